The van der Waals surface area contributed by atoms with E-state index in [4.69, 9.17) is 17.0 Å². The van der Waals surface area contributed by atoms with Gasteiger partial charge >= 0.3 is 0 Å². The summed E-state index contributed by atoms with van der Waals surface area (Å²) in [4.78, 5) is 14.4. The van der Waals surface area contributed by atoms with E-state index < -0.39 is 0 Å². The minimum absolute atomic E-state index is 0.0913. The average Bonchev–Trinajstić information content (AvgIpc) is 2.85. The topological polar surface area (TPSA) is 59.4 Å². The third-order valence-electron chi connectivity index (χ3n) is 3.33. The van der Waals surface area contributed by atoms with Gasteiger partial charge in [-0.2, -0.15) is 5.10 Å². The Kier molecular flexibility index (Phi) is 6.89. The van der Waals surface area contributed by atoms with Crippen molar-refractivity contribution in [2.45, 2.75) is 26.9 Å². The fraction of sp³-hybridized carbons (Fsp3) is 0.438. The number of anilines is 1. The Bertz CT molecular complexity index is 742. The lowest BCUT2D eigenvalue weighted by atomic mass is 10.3. The second kappa shape index (κ2) is 8.91. The monoisotopic (exact) mass is 366 g/mol. The number of aromatic nitrogens is 2. The molecule has 2 rings (SSSR count). The molecule has 1 aromatic heterocycles. The maximum atomic E-state index is 12.4. The van der Waals surface area contributed by atoms with Crippen LogP contribution in [0.25, 0.3) is 0 Å². The molecule has 24 heavy (non-hydrogen) atoms. The van der Waals surface area contributed by atoms with Gasteiger partial charge in [-0.3, -0.25) is 9.69 Å². The number of rotatable bonds is 8. The molecule has 1 heterocycles. The van der Waals surface area contributed by atoms with Gasteiger partial charge in [0.15, 0.2) is 3.95 Å². The average molecular weight is 367 g/mol. The molecule has 1 aromatic carbocycles. The van der Waals surface area contributed by atoms with E-state index in [0.717, 1.165) is 21.9 Å². The number of methoxy groups -OCH3 is 1. The Balaban J connectivity index is 2.02. The second-order valence-electron chi connectivity index (χ2n) is 5.33. The predicted molar refractivity (Wildman–Crippen MR) is 99.2 cm³/mol. The molecule has 130 valence electrons. The first-order valence-electron chi connectivity index (χ1n) is 7.73. The summed E-state index contributed by atoms with van der Waals surface area (Å²) in [5, 5.41) is 8.21. The molecular weight excluding hydrogens is 344 g/mol. The number of nitrogens with one attached hydrogen (secondary N) is 1. The highest BCUT2D eigenvalue weighted by atomic mass is 32.1. The molecule has 0 saturated heterocycles. The molecule has 0 aliphatic heterocycles. The number of hydrogen-bond donors (Lipinski definition) is 1. The zero-order valence-electron chi connectivity index (χ0n) is 14.1. The lowest BCUT2D eigenvalue weighted by Crippen LogP contribution is -2.35. The van der Waals surface area contributed by atoms with Gasteiger partial charge in [-0.1, -0.05) is 30.4 Å². The van der Waals surface area contributed by atoms with E-state index in [2.05, 4.69) is 17.3 Å². The zero-order chi connectivity index (χ0) is 17.5. The van der Waals surface area contributed by atoms with Crippen LogP contribution in [-0.2, 0) is 11.5 Å². The summed E-state index contributed by atoms with van der Waals surface area (Å²) in [5.74, 6) is 0.552. The number of nitrogens with zero attached hydrogens (tertiary/aromatic N) is 3. The first-order chi connectivity index (χ1) is 11.5. The van der Waals surface area contributed by atoms with Crippen LogP contribution in [0, 0.1) is 10.9 Å². The van der Waals surface area contributed by atoms with Crippen LogP contribution in [0.4, 0.5) is 5.69 Å². The third-order valence-corrected chi connectivity index (χ3v) is 4.55. The van der Waals surface area contributed by atoms with E-state index in [0.29, 0.717) is 18.1 Å². The summed E-state index contributed by atoms with van der Waals surface area (Å²) in [6.45, 7) is 5.57. The van der Waals surface area contributed by atoms with Crippen molar-refractivity contribution in [3.05, 3.63) is 33.2 Å². The van der Waals surface area contributed by atoms with Crippen molar-refractivity contribution in [3.8, 4) is 5.75 Å². The Labute approximate surface area is 151 Å². The summed E-state index contributed by atoms with van der Waals surface area (Å²) < 4.78 is 7.74. The molecule has 0 radical (unpaired) electrons. The molecule has 0 unspecified atom stereocenters. The van der Waals surface area contributed by atoms with Crippen LogP contribution in [0.15, 0.2) is 24.3 Å². The first-order valence-corrected chi connectivity index (χ1v) is 8.95. The molecule has 0 aliphatic rings. The molecule has 0 spiro atoms. The molecule has 1 N–H and O–H groups in total. The quantitative estimate of drug-likeness (QED) is 0.727. The van der Waals surface area contributed by atoms with Crippen LogP contribution in [-0.4, -0.2) is 40.8 Å². The van der Waals surface area contributed by atoms with E-state index >= 15 is 0 Å². The Morgan fingerprint density at radius 1 is 1.46 bits per heavy atom. The first kappa shape index (κ1) is 18.6. The van der Waals surface area contributed by atoms with Crippen molar-refractivity contribution >= 4 is 35.1 Å². The number of ether oxygens (including phenoxy) is 1. The van der Waals surface area contributed by atoms with Crippen LogP contribution < -0.4 is 10.1 Å². The SMILES string of the molecule is CCCN(CC(=O)Nc1ccccc1OC)Cn1nc(C)sc1=S. The van der Waals surface area contributed by atoms with Gasteiger partial charge in [0.25, 0.3) is 0 Å². The van der Waals surface area contributed by atoms with Crippen molar-refractivity contribution in [2.24, 2.45) is 0 Å². The molecule has 0 bridgehead atoms. The van der Waals surface area contributed by atoms with Gasteiger partial charge in [-0.15, -0.1) is 0 Å². The molecule has 0 saturated carbocycles. The van der Waals surface area contributed by atoms with Crippen molar-refractivity contribution in [1.82, 2.24) is 14.7 Å². The van der Waals surface area contributed by atoms with Crippen LogP contribution in [0.3, 0.4) is 0 Å². The molecule has 8 heteroatoms. The lowest BCUT2D eigenvalue weighted by Gasteiger charge is -2.21. The number of benzene rings is 1. The smallest absolute Gasteiger partial charge is 0.238 e. The number of hydrogen-bond acceptors (Lipinski definition) is 6. The number of carbonyl (C=O) groups excluding carboxylic acids is 1. The van der Waals surface area contributed by atoms with E-state index in [1.165, 1.54) is 11.3 Å². The predicted octanol–water partition coefficient (Wildman–Crippen LogP) is 3.30. The van der Waals surface area contributed by atoms with Crippen molar-refractivity contribution in [1.29, 1.82) is 0 Å². The maximum Gasteiger partial charge on any atom is 0.238 e. The van der Waals surface area contributed by atoms with E-state index in [-0.39, 0.29) is 12.5 Å². The number of aryl methyl sites for hydroxylation is 1. The fourth-order valence-electron chi connectivity index (χ4n) is 2.35. The van der Waals surface area contributed by atoms with Crippen molar-refractivity contribution < 1.29 is 9.53 Å². The largest absolute Gasteiger partial charge is 0.495 e. The highest BCUT2D eigenvalue weighted by Gasteiger charge is 2.14. The van der Waals surface area contributed by atoms with Crippen molar-refractivity contribution in [3.63, 3.8) is 0 Å². The minimum atomic E-state index is -0.0913. The van der Waals surface area contributed by atoms with Crippen LogP contribution in [0.1, 0.15) is 18.4 Å². The third kappa shape index (κ3) is 5.12. The van der Waals surface area contributed by atoms with E-state index in [9.17, 15) is 4.79 Å². The number of para-hydroxylation sites is 2. The minimum Gasteiger partial charge on any atom is -0.495 e. The highest BCUT2D eigenvalue weighted by Crippen LogP contribution is 2.22. The Hall–Kier alpha value is -1.77. The van der Waals surface area contributed by atoms with E-state index in [1.807, 2.05) is 36.1 Å². The van der Waals surface area contributed by atoms with Crippen molar-refractivity contribution in [2.75, 3.05) is 25.5 Å². The number of amides is 1. The van der Waals surface area contributed by atoms with E-state index in [1.54, 1.807) is 11.8 Å². The number of carbonyl (C=O) groups is 1. The molecule has 6 nitrogen and oxygen atoms in total. The summed E-state index contributed by atoms with van der Waals surface area (Å²) in [7, 11) is 1.58. The van der Waals surface area contributed by atoms with Gasteiger partial charge in [0.05, 0.1) is 26.0 Å². The molecule has 0 fully saturated rings. The molecule has 0 atom stereocenters. The molecule has 2 aromatic rings. The molecular formula is C16H22N4O2S2. The summed E-state index contributed by atoms with van der Waals surface area (Å²) >= 11 is 6.78. The standard InChI is InChI=1S/C16H22N4O2S2/c1-4-9-19(11-20-16(23)24-12(2)18-20)10-15(21)17-13-7-5-6-8-14(13)22-3/h5-8H,4,9-11H2,1-3H3,(H,17,21). The van der Waals surface area contributed by atoms with Gasteiger partial charge in [-0.25, -0.2) is 4.68 Å². The lowest BCUT2D eigenvalue weighted by molar-refractivity contribution is -0.117. The van der Waals surface area contributed by atoms with Crippen LogP contribution in [0.2, 0.25) is 0 Å². The maximum absolute atomic E-state index is 12.4. The Morgan fingerprint density at radius 3 is 2.83 bits per heavy atom. The van der Waals surface area contributed by atoms with Gasteiger partial charge in [0.2, 0.25) is 5.91 Å². The van der Waals surface area contributed by atoms with Crippen LogP contribution in [0.5, 0.6) is 5.75 Å². The van der Waals surface area contributed by atoms with Crippen LogP contribution >= 0.6 is 23.6 Å². The Morgan fingerprint density at radius 2 is 2.21 bits per heavy atom. The highest BCUT2D eigenvalue weighted by molar-refractivity contribution is 7.73. The fourth-order valence-corrected chi connectivity index (χ4v) is 3.40. The molecule has 0 aliphatic carbocycles. The van der Waals surface area contributed by atoms with Gasteiger partial charge in [-0.05, 0) is 37.7 Å². The van der Waals surface area contributed by atoms with Gasteiger partial charge < -0.3 is 10.1 Å². The molecule has 1 amide bonds. The van der Waals surface area contributed by atoms with Gasteiger partial charge in [0, 0.05) is 6.54 Å². The van der Waals surface area contributed by atoms with Gasteiger partial charge in [0.1, 0.15) is 10.8 Å². The zero-order valence-corrected chi connectivity index (χ0v) is 15.7. The summed E-state index contributed by atoms with van der Waals surface area (Å²) in [6.07, 6.45) is 0.943. The normalized spacial score (nSPS) is 10.8. The second-order valence-corrected chi connectivity index (χ2v) is 7.16. The summed E-state index contributed by atoms with van der Waals surface area (Å²) in [5.41, 5.74) is 0.669. The summed E-state index contributed by atoms with van der Waals surface area (Å²) in [6, 6.07) is 7.36.